The third-order valence-corrected chi connectivity index (χ3v) is 5.61. The quantitative estimate of drug-likeness (QED) is 0.463. The van der Waals surface area contributed by atoms with E-state index in [1.165, 1.54) is 7.11 Å². The van der Waals surface area contributed by atoms with Crippen LogP contribution in [0.5, 0.6) is 5.75 Å². The lowest BCUT2D eigenvalue weighted by atomic mass is 10.2. The van der Waals surface area contributed by atoms with Gasteiger partial charge in [-0.1, -0.05) is 19.1 Å². The fourth-order valence-corrected chi connectivity index (χ4v) is 4.31. The van der Waals surface area contributed by atoms with Crippen LogP contribution in [-0.4, -0.2) is 28.2 Å². The zero-order valence-corrected chi connectivity index (χ0v) is 17.0. The first-order valence-electron chi connectivity index (χ1n) is 8.41. The summed E-state index contributed by atoms with van der Waals surface area (Å²) in [5.41, 5.74) is -1.88. The van der Waals surface area contributed by atoms with Gasteiger partial charge in [-0.15, -0.1) is 23.1 Å². The summed E-state index contributed by atoms with van der Waals surface area (Å²) in [6.45, 7) is 1.87. The van der Waals surface area contributed by atoms with Gasteiger partial charge < -0.3 is 10.1 Å². The van der Waals surface area contributed by atoms with Crippen LogP contribution in [0.25, 0.3) is 4.96 Å². The second-order valence-corrected chi connectivity index (χ2v) is 7.89. The Morgan fingerprint density at radius 3 is 2.79 bits per heavy atom. The van der Waals surface area contributed by atoms with Crippen molar-refractivity contribution in [3.05, 3.63) is 56.8 Å². The number of hydrogen-bond acceptors (Lipinski definition) is 6. The van der Waals surface area contributed by atoms with Crippen molar-refractivity contribution < 1.29 is 22.7 Å². The highest BCUT2D eigenvalue weighted by molar-refractivity contribution is 7.99. The molecule has 1 amide bonds. The summed E-state index contributed by atoms with van der Waals surface area (Å²) in [4.78, 5) is 29.6. The van der Waals surface area contributed by atoms with E-state index < -0.39 is 28.9 Å². The number of benzene rings is 1. The van der Waals surface area contributed by atoms with Gasteiger partial charge in [0.05, 0.1) is 7.11 Å². The summed E-state index contributed by atoms with van der Waals surface area (Å²) in [6, 6.07) is 6.93. The average molecular weight is 443 g/mol. The maximum atomic E-state index is 13.3. The van der Waals surface area contributed by atoms with Gasteiger partial charge in [-0.05, 0) is 23.4 Å². The highest BCUT2D eigenvalue weighted by Gasteiger charge is 2.36. The number of thiazole rings is 1. The van der Waals surface area contributed by atoms with Gasteiger partial charge in [0.15, 0.2) is 4.96 Å². The van der Waals surface area contributed by atoms with E-state index in [0.717, 1.165) is 17.1 Å². The Labute approximate surface area is 171 Å². The van der Waals surface area contributed by atoms with Gasteiger partial charge in [-0.2, -0.15) is 13.2 Å². The molecule has 0 fully saturated rings. The Kier molecular flexibility index (Phi) is 6.18. The lowest BCUT2D eigenvalue weighted by Gasteiger charge is -2.11. The molecule has 1 N–H and O–H groups in total. The lowest BCUT2D eigenvalue weighted by Crippen LogP contribution is -2.33. The van der Waals surface area contributed by atoms with Gasteiger partial charge >= 0.3 is 6.18 Å². The average Bonchev–Trinajstić information content (AvgIpc) is 3.11. The number of halogens is 3. The largest absolute Gasteiger partial charge is 0.497 e. The van der Waals surface area contributed by atoms with Crippen LogP contribution in [-0.2, 0) is 12.7 Å². The molecule has 0 bridgehead atoms. The fraction of sp³-hybridized carbons (Fsp3) is 0.278. The minimum absolute atomic E-state index is 0.0736. The van der Waals surface area contributed by atoms with E-state index in [-0.39, 0.29) is 16.5 Å². The minimum Gasteiger partial charge on any atom is -0.497 e. The molecule has 0 saturated carbocycles. The maximum Gasteiger partial charge on any atom is 0.432 e. The second kappa shape index (κ2) is 8.46. The maximum absolute atomic E-state index is 13.3. The lowest BCUT2D eigenvalue weighted by molar-refractivity contribution is -0.141. The van der Waals surface area contributed by atoms with E-state index in [1.54, 1.807) is 31.2 Å². The zero-order chi connectivity index (χ0) is 21.2. The Bertz CT molecular complexity index is 1110. The van der Waals surface area contributed by atoms with Crippen molar-refractivity contribution in [2.75, 3.05) is 12.9 Å². The summed E-state index contributed by atoms with van der Waals surface area (Å²) in [5, 5.41) is 3.51. The van der Waals surface area contributed by atoms with Crippen molar-refractivity contribution in [2.24, 2.45) is 0 Å². The van der Waals surface area contributed by atoms with Crippen molar-refractivity contribution in [3.63, 3.8) is 0 Å². The standard InChI is InChI=1S/C18H16F3N3O3S2/c1-3-28-15-13(14(25)22-8-10-5-4-6-11(7-10)27-2)16(26)24-12(18(19,20)21)9-29-17(24)23-15/h4-7,9H,3,8H2,1-2H3,(H,22,25). The number of nitrogens with one attached hydrogen (secondary N) is 1. The first-order valence-corrected chi connectivity index (χ1v) is 10.3. The van der Waals surface area contributed by atoms with Crippen LogP contribution in [0.2, 0.25) is 0 Å². The highest BCUT2D eigenvalue weighted by atomic mass is 32.2. The van der Waals surface area contributed by atoms with E-state index in [9.17, 15) is 22.8 Å². The van der Waals surface area contributed by atoms with Gasteiger partial charge in [-0.25, -0.2) is 9.38 Å². The summed E-state index contributed by atoms with van der Waals surface area (Å²) in [5.74, 6) is 0.307. The topological polar surface area (TPSA) is 72.7 Å². The molecular weight excluding hydrogens is 427 g/mol. The number of thioether (sulfide) groups is 1. The first-order chi connectivity index (χ1) is 13.8. The summed E-state index contributed by atoms with van der Waals surface area (Å²) < 4.78 is 45.3. The van der Waals surface area contributed by atoms with Gasteiger partial charge in [0.25, 0.3) is 11.5 Å². The van der Waals surface area contributed by atoms with E-state index in [0.29, 0.717) is 32.8 Å². The molecule has 2 heterocycles. The van der Waals surface area contributed by atoms with Crippen molar-refractivity contribution >= 4 is 34.0 Å². The molecule has 0 aliphatic rings. The van der Waals surface area contributed by atoms with Crippen LogP contribution < -0.4 is 15.6 Å². The Hall–Kier alpha value is -2.53. The molecule has 154 valence electrons. The predicted octanol–water partition coefficient (Wildman–Crippen LogP) is 3.83. The van der Waals surface area contributed by atoms with Crippen LogP contribution in [0, 0.1) is 0 Å². The number of carbonyl (C=O) groups excluding carboxylic acids is 1. The van der Waals surface area contributed by atoms with Crippen molar-refractivity contribution in [3.8, 4) is 5.75 Å². The normalized spacial score (nSPS) is 11.6. The van der Waals surface area contributed by atoms with Crippen LogP contribution in [0.15, 0.2) is 39.5 Å². The molecule has 0 radical (unpaired) electrons. The summed E-state index contributed by atoms with van der Waals surface area (Å²) in [6.07, 6.45) is -4.74. The molecule has 11 heteroatoms. The molecular formula is C18H16F3N3O3S2. The fourth-order valence-electron chi connectivity index (χ4n) is 2.62. The molecule has 0 spiro atoms. The van der Waals surface area contributed by atoms with Crippen LogP contribution in [0.3, 0.4) is 0 Å². The number of amides is 1. The number of fused-ring (bicyclic) bond motifs is 1. The van der Waals surface area contributed by atoms with Crippen molar-refractivity contribution in [1.29, 1.82) is 0 Å². The minimum atomic E-state index is -4.74. The van der Waals surface area contributed by atoms with Crippen LogP contribution in [0.1, 0.15) is 28.5 Å². The van der Waals surface area contributed by atoms with E-state index in [1.807, 2.05) is 0 Å². The number of ether oxygens (including phenoxy) is 1. The van der Waals surface area contributed by atoms with Crippen molar-refractivity contribution in [2.45, 2.75) is 24.7 Å². The summed E-state index contributed by atoms with van der Waals surface area (Å²) in [7, 11) is 1.51. The van der Waals surface area contributed by atoms with Gasteiger partial charge in [0.2, 0.25) is 0 Å². The van der Waals surface area contributed by atoms with Gasteiger partial charge in [0, 0.05) is 11.9 Å². The zero-order valence-electron chi connectivity index (χ0n) is 15.4. The molecule has 0 aliphatic carbocycles. The number of hydrogen-bond donors (Lipinski definition) is 1. The highest BCUT2D eigenvalue weighted by Crippen LogP contribution is 2.32. The Morgan fingerprint density at radius 1 is 1.38 bits per heavy atom. The Morgan fingerprint density at radius 2 is 2.14 bits per heavy atom. The monoisotopic (exact) mass is 443 g/mol. The SMILES string of the molecule is CCSc1nc2scc(C(F)(F)F)n2c(=O)c1C(=O)NCc1cccc(OC)c1. The van der Waals surface area contributed by atoms with Crippen molar-refractivity contribution in [1.82, 2.24) is 14.7 Å². The molecule has 1 aromatic carbocycles. The van der Waals surface area contributed by atoms with Crippen LogP contribution >= 0.6 is 23.1 Å². The third-order valence-electron chi connectivity index (χ3n) is 3.92. The molecule has 29 heavy (non-hydrogen) atoms. The van der Waals surface area contributed by atoms with Gasteiger partial charge in [0.1, 0.15) is 22.0 Å². The number of carbonyl (C=O) groups is 1. The summed E-state index contributed by atoms with van der Waals surface area (Å²) >= 11 is 1.83. The second-order valence-electron chi connectivity index (χ2n) is 5.80. The molecule has 0 aliphatic heterocycles. The molecule has 6 nitrogen and oxygen atoms in total. The number of methoxy groups -OCH3 is 1. The predicted molar refractivity (Wildman–Crippen MR) is 105 cm³/mol. The Balaban J connectivity index is 2.01. The van der Waals surface area contributed by atoms with E-state index >= 15 is 0 Å². The molecule has 2 aromatic heterocycles. The van der Waals surface area contributed by atoms with Crippen LogP contribution in [0.4, 0.5) is 13.2 Å². The first kappa shape index (κ1) is 21.2. The molecule has 0 atom stereocenters. The number of alkyl halides is 3. The number of nitrogens with zero attached hydrogens (tertiary/aromatic N) is 2. The third kappa shape index (κ3) is 4.40. The van der Waals surface area contributed by atoms with E-state index in [4.69, 9.17) is 4.74 Å². The number of aromatic nitrogens is 2. The smallest absolute Gasteiger partial charge is 0.432 e. The molecule has 0 saturated heterocycles. The molecule has 3 aromatic rings. The van der Waals surface area contributed by atoms with Gasteiger partial charge in [-0.3, -0.25) is 9.59 Å². The van der Waals surface area contributed by atoms with E-state index in [2.05, 4.69) is 10.3 Å². The molecule has 3 rings (SSSR count). The molecule has 0 unspecified atom stereocenters. The number of rotatable bonds is 6.